The van der Waals surface area contributed by atoms with Crippen LogP contribution in [0.4, 0.5) is 0 Å². The van der Waals surface area contributed by atoms with Gasteiger partial charge in [0.2, 0.25) is 10.0 Å². The Balaban J connectivity index is 2.10. The van der Waals surface area contributed by atoms with E-state index in [-0.39, 0.29) is 11.4 Å². The molecule has 1 heterocycles. The molecule has 108 valence electrons. The molecule has 1 aromatic carbocycles. The zero-order valence-corrected chi connectivity index (χ0v) is 11.9. The lowest BCUT2D eigenvalue weighted by Crippen LogP contribution is -2.27. The van der Waals surface area contributed by atoms with Gasteiger partial charge in [-0.15, -0.1) is 0 Å². The maximum absolute atomic E-state index is 12.3. The topological polar surface area (TPSA) is 114 Å². The van der Waals surface area contributed by atoms with Crippen molar-refractivity contribution in [1.82, 2.24) is 19.9 Å². The quantitative estimate of drug-likeness (QED) is 0.699. The summed E-state index contributed by atoms with van der Waals surface area (Å²) in [6.07, 6.45) is 1.84. The Labute approximate surface area is 117 Å². The number of rotatable bonds is 6. The predicted octanol–water partition coefficient (Wildman–Crippen LogP) is 0.0928. The summed E-state index contributed by atoms with van der Waals surface area (Å²) in [6, 6.07) is 5.09. The van der Waals surface area contributed by atoms with Gasteiger partial charge in [0.15, 0.2) is 0 Å². The standard InChI is InChI=1S/C12H17N5O2S/c1-9-10(7-13)3-2-4-11(9)20(18,19)16-6-5-12-14-8-15-17-12/h2-4,8,16H,5-7,13H2,1H3,(H,14,15,17). The van der Waals surface area contributed by atoms with Gasteiger partial charge in [0.1, 0.15) is 12.2 Å². The van der Waals surface area contributed by atoms with Crippen molar-refractivity contribution in [2.24, 2.45) is 5.73 Å². The normalized spacial score (nSPS) is 11.7. The molecule has 20 heavy (non-hydrogen) atoms. The van der Waals surface area contributed by atoms with E-state index >= 15 is 0 Å². The fraction of sp³-hybridized carbons (Fsp3) is 0.333. The fourth-order valence-corrected chi connectivity index (χ4v) is 3.22. The summed E-state index contributed by atoms with van der Waals surface area (Å²) in [6.45, 7) is 2.32. The second-order valence-electron chi connectivity index (χ2n) is 4.32. The number of benzene rings is 1. The molecule has 1 aromatic heterocycles. The van der Waals surface area contributed by atoms with E-state index in [0.29, 0.717) is 24.4 Å². The smallest absolute Gasteiger partial charge is 0.240 e. The van der Waals surface area contributed by atoms with Crippen molar-refractivity contribution in [1.29, 1.82) is 0 Å². The van der Waals surface area contributed by atoms with Crippen molar-refractivity contribution in [3.63, 3.8) is 0 Å². The number of aromatic amines is 1. The summed E-state index contributed by atoms with van der Waals surface area (Å²) >= 11 is 0. The molecule has 7 nitrogen and oxygen atoms in total. The molecule has 0 fully saturated rings. The molecule has 0 saturated heterocycles. The Morgan fingerprint density at radius 3 is 2.85 bits per heavy atom. The van der Waals surface area contributed by atoms with E-state index in [0.717, 1.165) is 5.56 Å². The molecule has 0 amide bonds. The first-order valence-corrected chi connectivity index (χ1v) is 7.65. The average Bonchev–Trinajstić information content (AvgIpc) is 2.91. The summed E-state index contributed by atoms with van der Waals surface area (Å²) in [4.78, 5) is 4.20. The summed E-state index contributed by atoms with van der Waals surface area (Å²) in [7, 11) is -3.54. The van der Waals surface area contributed by atoms with Gasteiger partial charge in [-0.3, -0.25) is 5.10 Å². The lowest BCUT2D eigenvalue weighted by atomic mass is 10.1. The number of nitrogens with zero attached hydrogens (tertiary/aromatic N) is 2. The maximum Gasteiger partial charge on any atom is 0.240 e. The van der Waals surface area contributed by atoms with E-state index < -0.39 is 10.0 Å². The number of sulfonamides is 1. The molecule has 2 aromatic rings. The average molecular weight is 295 g/mol. The van der Waals surface area contributed by atoms with Crippen LogP contribution < -0.4 is 10.5 Å². The van der Waals surface area contributed by atoms with Crippen molar-refractivity contribution in [2.75, 3.05) is 6.54 Å². The second-order valence-corrected chi connectivity index (χ2v) is 6.06. The summed E-state index contributed by atoms with van der Waals surface area (Å²) < 4.78 is 27.1. The zero-order chi connectivity index (χ0) is 14.6. The first-order chi connectivity index (χ1) is 9.54. The van der Waals surface area contributed by atoms with Crippen molar-refractivity contribution in [2.45, 2.75) is 24.8 Å². The molecular weight excluding hydrogens is 278 g/mol. The van der Waals surface area contributed by atoms with Gasteiger partial charge >= 0.3 is 0 Å². The lowest BCUT2D eigenvalue weighted by molar-refractivity contribution is 0.580. The van der Waals surface area contributed by atoms with E-state index in [1.165, 1.54) is 6.33 Å². The molecule has 0 aliphatic heterocycles. The Hall–Kier alpha value is -1.77. The molecule has 0 saturated carbocycles. The van der Waals surface area contributed by atoms with Gasteiger partial charge in [-0.25, -0.2) is 18.1 Å². The highest BCUT2D eigenvalue weighted by Gasteiger charge is 2.17. The van der Waals surface area contributed by atoms with E-state index in [1.807, 2.05) is 6.07 Å². The summed E-state index contributed by atoms with van der Waals surface area (Å²) in [5.74, 6) is 0.639. The lowest BCUT2D eigenvalue weighted by Gasteiger charge is -2.11. The van der Waals surface area contributed by atoms with Crippen LogP contribution >= 0.6 is 0 Å². The van der Waals surface area contributed by atoms with Crippen LogP contribution in [-0.2, 0) is 23.0 Å². The SMILES string of the molecule is Cc1c(CN)cccc1S(=O)(=O)NCCc1ncn[nH]1. The van der Waals surface area contributed by atoms with E-state index in [9.17, 15) is 8.42 Å². The first kappa shape index (κ1) is 14.6. The largest absolute Gasteiger partial charge is 0.326 e. The third-order valence-corrected chi connectivity index (χ3v) is 4.63. The molecule has 0 atom stereocenters. The van der Waals surface area contributed by atoms with Gasteiger partial charge in [0.05, 0.1) is 4.90 Å². The molecule has 4 N–H and O–H groups in total. The van der Waals surface area contributed by atoms with E-state index in [4.69, 9.17) is 5.73 Å². The second kappa shape index (κ2) is 6.12. The number of H-pyrrole nitrogens is 1. The maximum atomic E-state index is 12.3. The number of hydrogen-bond acceptors (Lipinski definition) is 5. The minimum absolute atomic E-state index is 0.254. The van der Waals surface area contributed by atoms with Crippen LogP contribution in [0.3, 0.4) is 0 Å². The van der Waals surface area contributed by atoms with Crippen molar-refractivity contribution < 1.29 is 8.42 Å². The van der Waals surface area contributed by atoms with E-state index in [2.05, 4.69) is 19.9 Å². The van der Waals surface area contributed by atoms with Crippen molar-refractivity contribution in [3.8, 4) is 0 Å². The molecule has 2 rings (SSSR count). The molecule has 0 bridgehead atoms. The molecule has 0 unspecified atom stereocenters. The van der Waals surface area contributed by atoms with Crippen molar-refractivity contribution >= 4 is 10.0 Å². The zero-order valence-electron chi connectivity index (χ0n) is 11.1. The molecule has 0 spiro atoms. The van der Waals surface area contributed by atoms with Crippen LogP contribution in [0.15, 0.2) is 29.4 Å². The van der Waals surface area contributed by atoms with Crippen LogP contribution in [0.1, 0.15) is 17.0 Å². The minimum atomic E-state index is -3.54. The number of aromatic nitrogens is 3. The summed E-state index contributed by atoms with van der Waals surface area (Å²) in [5.41, 5.74) is 7.10. The highest BCUT2D eigenvalue weighted by Crippen LogP contribution is 2.18. The van der Waals surface area contributed by atoms with Crippen LogP contribution in [0.25, 0.3) is 0 Å². The third kappa shape index (κ3) is 3.21. The highest BCUT2D eigenvalue weighted by atomic mass is 32.2. The monoisotopic (exact) mass is 295 g/mol. The van der Waals surface area contributed by atoms with Gasteiger partial charge in [-0.2, -0.15) is 5.10 Å². The van der Waals surface area contributed by atoms with Crippen LogP contribution in [-0.4, -0.2) is 30.1 Å². The molecule has 0 radical (unpaired) electrons. The van der Waals surface area contributed by atoms with Crippen molar-refractivity contribution in [3.05, 3.63) is 41.5 Å². The van der Waals surface area contributed by atoms with Gasteiger partial charge in [0, 0.05) is 19.5 Å². The Morgan fingerprint density at radius 2 is 2.20 bits per heavy atom. The van der Waals surface area contributed by atoms with Gasteiger partial charge in [0.25, 0.3) is 0 Å². The predicted molar refractivity (Wildman–Crippen MR) is 74.3 cm³/mol. The third-order valence-electron chi connectivity index (χ3n) is 3.02. The number of nitrogens with one attached hydrogen (secondary N) is 2. The van der Waals surface area contributed by atoms with Crippen LogP contribution in [0.2, 0.25) is 0 Å². The van der Waals surface area contributed by atoms with Gasteiger partial charge in [-0.1, -0.05) is 12.1 Å². The Morgan fingerprint density at radius 1 is 1.40 bits per heavy atom. The molecular formula is C12H17N5O2S. The number of hydrogen-bond donors (Lipinski definition) is 3. The van der Waals surface area contributed by atoms with Crippen LogP contribution in [0.5, 0.6) is 0 Å². The molecule has 0 aliphatic rings. The Kier molecular flexibility index (Phi) is 4.48. The fourth-order valence-electron chi connectivity index (χ4n) is 1.90. The first-order valence-electron chi connectivity index (χ1n) is 6.17. The Bertz CT molecular complexity index is 667. The highest BCUT2D eigenvalue weighted by molar-refractivity contribution is 7.89. The molecule has 8 heteroatoms. The number of nitrogens with two attached hydrogens (primary N) is 1. The summed E-state index contributed by atoms with van der Waals surface area (Å²) in [5, 5.41) is 6.39. The molecule has 0 aliphatic carbocycles. The van der Waals surface area contributed by atoms with E-state index in [1.54, 1.807) is 19.1 Å². The van der Waals surface area contributed by atoms with Crippen LogP contribution in [0, 0.1) is 6.92 Å². The van der Waals surface area contributed by atoms with Gasteiger partial charge in [-0.05, 0) is 24.1 Å². The van der Waals surface area contributed by atoms with Gasteiger partial charge < -0.3 is 5.73 Å². The minimum Gasteiger partial charge on any atom is -0.326 e.